The second-order valence-electron chi connectivity index (χ2n) is 5.01. The molecule has 0 radical (unpaired) electrons. The molecule has 23 heavy (non-hydrogen) atoms. The lowest BCUT2D eigenvalue weighted by Gasteiger charge is -1.99. The number of allylic oxidation sites excluding steroid dienone is 1. The summed E-state index contributed by atoms with van der Waals surface area (Å²) in [5.41, 5.74) is 2.15. The van der Waals surface area contributed by atoms with Crippen LogP contribution in [-0.2, 0) is 0 Å². The van der Waals surface area contributed by atoms with Crippen LogP contribution in [0.5, 0.6) is 0 Å². The van der Waals surface area contributed by atoms with Crippen molar-refractivity contribution in [1.82, 2.24) is 4.98 Å². The van der Waals surface area contributed by atoms with Gasteiger partial charge in [0.15, 0.2) is 5.78 Å². The molecule has 0 bridgehead atoms. The van der Waals surface area contributed by atoms with Crippen LogP contribution in [0.3, 0.4) is 0 Å². The topological polar surface area (TPSA) is 67.3 Å². The maximum Gasteiger partial charge on any atom is 0.335 e. The van der Waals surface area contributed by atoms with E-state index in [2.05, 4.69) is 4.98 Å². The fourth-order valence-corrected chi connectivity index (χ4v) is 2.21. The Morgan fingerprint density at radius 3 is 2.30 bits per heavy atom. The Balaban J connectivity index is 1.80. The van der Waals surface area contributed by atoms with Crippen LogP contribution in [0.1, 0.15) is 26.4 Å². The number of aromatic carboxylic acids is 1. The van der Waals surface area contributed by atoms with Gasteiger partial charge in [-0.3, -0.25) is 4.79 Å². The minimum atomic E-state index is -1.01. The Morgan fingerprint density at radius 2 is 1.57 bits per heavy atom. The van der Waals surface area contributed by atoms with Crippen molar-refractivity contribution in [2.45, 2.75) is 0 Å². The van der Waals surface area contributed by atoms with Gasteiger partial charge >= 0.3 is 5.97 Å². The molecule has 3 aromatic rings. The van der Waals surface area contributed by atoms with Crippen LogP contribution in [0.15, 0.2) is 66.7 Å². The Morgan fingerprint density at radius 1 is 0.870 bits per heavy atom. The lowest BCUT2D eigenvalue weighted by atomic mass is 10.1. The van der Waals surface area contributed by atoms with Gasteiger partial charge < -0.3 is 5.11 Å². The summed E-state index contributed by atoms with van der Waals surface area (Å²) in [7, 11) is 0. The van der Waals surface area contributed by atoms with Gasteiger partial charge in [0.25, 0.3) is 0 Å². The van der Waals surface area contributed by atoms with E-state index >= 15 is 0 Å². The first kappa shape index (κ1) is 14.7. The number of ketones is 1. The lowest BCUT2D eigenvalue weighted by molar-refractivity contribution is 0.0696. The molecule has 0 aliphatic carbocycles. The molecule has 0 aliphatic heterocycles. The number of hydrogen-bond donors (Lipinski definition) is 1. The molecule has 0 spiro atoms. The highest BCUT2D eigenvalue weighted by Crippen LogP contribution is 2.13. The maximum atomic E-state index is 12.1. The summed E-state index contributed by atoms with van der Waals surface area (Å²) in [6, 6.07) is 17.4. The van der Waals surface area contributed by atoms with Crippen molar-refractivity contribution in [2.75, 3.05) is 0 Å². The van der Waals surface area contributed by atoms with Crippen LogP contribution in [0.2, 0.25) is 0 Å². The summed E-state index contributed by atoms with van der Waals surface area (Å²) in [6.07, 6.45) is 3.09. The van der Waals surface area contributed by atoms with Gasteiger partial charge in [-0.15, -0.1) is 0 Å². The van der Waals surface area contributed by atoms with Crippen LogP contribution in [0.4, 0.5) is 0 Å². The van der Waals surface area contributed by atoms with Gasteiger partial charge in [0.2, 0.25) is 0 Å². The molecular weight excluding hydrogens is 290 g/mol. The average molecular weight is 303 g/mol. The van der Waals surface area contributed by atoms with Crippen LogP contribution >= 0.6 is 0 Å². The maximum absolute atomic E-state index is 12.1. The molecule has 0 atom stereocenters. The van der Waals surface area contributed by atoms with E-state index < -0.39 is 5.97 Å². The van der Waals surface area contributed by atoms with Crippen molar-refractivity contribution in [3.63, 3.8) is 0 Å². The van der Waals surface area contributed by atoms with E-state index in [9.17, 15) is 9.59 Å². The van der Waals surface area contributed by atoms with E-state index in [1.165, 1.54) is 30.3 Å². The minimum absolute atomic E-state index is 0.154. The third-order valence-corrected chi connectivity index (χ3v) is 3.44. The SMILES string of the molecule is O=C(O)c1ccc(C(=O)/C=C/c2ccc3ccccc3n2)cc1. The third kappa shape index (κ3) is 3.32. The third-order valence-electron chi connectivity index (χ3n) is 3.44. The zero-order valence-electron chi connectivity index (χ0n) is 12.1. The van der Waals surface area contributed by atoms with E-state index in [4.69, 9.17) is 5.11 Å². The molecule has 4 heteroatoms. The zero-order valence-corrected chi connectivity index (χ0v) is 12.1. The largest absolute Gasteiger partial charge is 0.478 e. The van der Waals surface area contributed by atoms with Gasteiger partial charge in [-0.2, -0.15) is 0 Å². The molecule has 3 rings (SSSR count). The molecule has 0 aliphatic rings. The molecular formula is C19H13NO3. The van der Waals surface area contributed by atoms with Gasteiger partial charge in [0.05, 0.1) is 16.8 Å². The van der Waals surface area contributed by atoms with Gasteiger partial charge in [0, 0.05) is 10.9 Å². The first-order valence-corrected chi connectivity index (χ1v) is 7.05. The quantitative estimate of drug-likeness (QED) is 0.587. The van der Waals surface area contributed by atoms with Gasteiger partial charge in [0.1, 0.15) is 0 Å². The predicted octanol–water partition coefficient (Wildman–Crippen LogP) is 3.83. The highest BCUT2D eigenvalue weighted by molar-refractivity contribution is 6.07. The van der Waals surface area contributed by atoms with Crippen LogP contribution in [-0.4, -0.2) is 21.8 Å². The van der Waals surface area contributed by atoms with Gasteiger partial charge in [-0.05, 0) is 36.4 Å². The van der Waals surface area contributed by atoms with Crippen molar-refractivity contribution in [3.8, 4) is 0 Å². The number of aromatic nitrogens is 1. The predicted molar refractivity (Wildman–Crippen MR) is 88.5 cm³/mol. The zero-order chi connectivity index (χ0) is 16.2. The summed E-state index contributed by atoms with van der Waals surface area (Å²) < 4.78 is 0. The van der Waals surface area contributed by atoms with Crippen molar-refractivity contribution < 1.29 is 14.7 Å². The molecule has 2 aromatic carbocycles. The highest BCUT2D eigenvalue weighted by Gasteiger charge is 2.05. The first-order chi connectivity index (χ1) is 11.1. The van der Waals surface area contributed by atoms with E-state index in [-0.39, 0.29) is 11.3 Å². The molecule has 4 nitrogen and oxygen atoms in total. The number of carboxylic acid groups (broad SMARTS) is 1. The number of rotatable bonds is 4. The van der Waals surface area contributed by atoms with E-state index in [1.54, 1.807) is 6.08 Å². The van der Waals surface area contributed by atoms with Crippen molar-refractivity contribution in [1.29, 1.82) is 0 Å². The standard InChI is InChI=1S/C19H13NO3/c21-18(14-5-7-15(8-6-14)19(22)23)12-11-16-10-9-13-3-1-2-4-17(13)20-16/h1-12H,(H,22,23)/b12-11+. The summed E-state index contributed by atoms with van der Waals surface area (Å²) in [5, 5.41) is 9.89. The monoisotopic (exact) mass is 303 g/mol. The minimum Gasteiger partial charge on any atom is -0.478 e. The number of hydrogen-bond acceptors (Lipinski definition) is 3. The number of benzene rings is 2. The van der Waals surface area contributed by atoms with E-state index in [0.717, 1.165) is 10.9 Å². The number of carboxylic acids is 1. The van der Waals surface area contributed by atoms with E-state index in [0.29, 0.717) is 11.3 Å². The van der Waals surface area contributed by atoms with Crippen molar-refractivity contribution in [3.05, 3.63) is 83.6 Å². The van der Waals surface area contributed by atoms with Crippen molar-refractivity contribution >= 4 is 28.7 Å². The first-order valence-electron chi connectivity index (χ1n) is 7.05. The molecule has 0 saturated carbocycles. The smallest absolute Gasteiger partial charge is 0.335 e. The van der Waals surface area contributed by atoms with Crippen molar-refractivity contribution in [2.24, 2.45) is 0 Å². The molecule has 1 heterocycles. The van der Waals surface area contributed by atoms with Crippen LogP contribution < -0.4 is 0 Å². The molecule has 0 unspecified atom stereocenters. The summed E-state index contributed by atoms with van der Waals surface area (Å²) >= 11 is 0. The fourth-order valence-electron chi connectivity index (χ4n) is 2.21. The molecule has 0 saturated heterocycles. The fraction of sp³-hybridized carbons (Fsp3) is 0. The normalized spacial score (nSPS) is 11.0. The number of carbonyl (C=O) groups is 2. The Labute approximate surface area is 132 Å². The summed E-state index contributed by atoms with van der Waals surface area (Å²) in [5.74, 6) is -1.21. The Hall–Kier alpha value is -3.27. The molecule has 0 amide bonds. The molecule has 1 aromatic heterocycles. The number of pyridine rings is 1. The van der Waals surface area contributed by atoms with Crippen LogP contribution in [0.25, 0.3) is 17.0 Å². The van der Waals surface area contributed by atoms with Crippen LogP contribution in [0, 0.1) is 0 Å². The number of fused-ring (bicyclic) bond motifs is 1. The average Bonchev–Trinajstić information content (AvgIpc) is 2.59. The highest BCUT2D eigenvalue weighted by atomic mass is 16.4. The molecule has 1 N–H and O–H groups in total. The summed E-state index contributed by atoms with van der Waals surface area (Å²) in [4.78, 5) is 27.4. The lowest BCUT2D eigenvalue weighted by Crippen LogP contribution is -1.99. The Kier molecular flexibility index (Phi) is 3.97. The second-order valence-corrected chi connectivity index (χ2v) is 5.01. The number of nitrogens with zero attached hydrogens (tertiary/aromatic N) is 1. The van der Waals surface area contributed by atoms with Gasteiger partial charge in [-0.25, -0.2) is 9.78 Å². The van der Waals surface area contributed by atoms with Gasteiger partial charge in [-0.1, -0.05) is 36.4 Å². The summed E-state index contributed by atoms with van der Waals surface area (Å²) in [6.45, 7) is 0. The second kappa shape index (κ2) is 6.23. The molecule has 112 valence electrons. The Bertz CT molecular complexity index is 911. The molecule has 0 fully saturated rings. The number of carbonyl (C=O) groups excluding carboxylic acids is 1. The van der Waals surface area contributed by atoms with E-state index in [1.807, 2.05) is 36.4 Å². The number of para-hydroxylation sites is 1.